The van der Waals surface area contributed by atoms with Gasteiger partial charge in [-0.15, -0.1) is 0 Å². The molecule has 8 heteroatoms. The van der Waals surface area contributed by atoms with Gasteiger partial charge < -0.3 is 18.9 Å². The lowest BCUT2D eigenvalue weighted by Gasteiger charge is -2.10. The maximum Gasteiger partial charge on any atom is 0.107 e. The van der Waals surface area contributed by atoms with E-state index in [0.717, 1.165) is 47.5 Å². The molecule has 0 unspecified atom stereocenters. The minimum Gasteiger partial charge on any atom is -0.379 e. The Morgan fingerprint density at radius 2 is 1.29 bits per heavy atom. The largest absolute Gasteiger partial charge is 0.379 e. The minimum absolute atomic E-state index is 0.192. The molecule has 6 nitrogen and oxygen atoms in total. The van der Waals surface area contributed by atoms with Crippen molar-refractivity contribution in [1.29, 1.82) is 0 Å². The van der Waals surface area contributed by atoms with Crippen LogP contribution in [-0.2, 0) is 32.2 Å². The zero-order valence-electron chi connectivity index (χ0n) is 15.6. The lowest BCUT2D eigenvalue weighted by molar-refractivity contribution is 0.0299. The van der Waals surface area contributed by atoms with E-state index >= 15 is 0 Å². The molecule has 2 aliphatic heterocycles. The van der Waals surface area contributed by atoms with E-state index < -0.39 is 0 Å². The van der Waals surface area contributed by atoms with E-state index in [9.17, 15) is 0 Å². The van der Waals surface area contributed by atoms with E-state index in [1.54, 1.807) is 21.6 Å². The first kappa shape index (κ1) is 20.1. The van der Waals surface area contributed by atoms with Gasteiger partial charge in [0.25, 0.3) is 0 Å². The van der Waals surface area contributed by atoms with Crippen LogP contribution in [-0.4, -0.2) is 48.6 Å². The minimum atomic E-state index is 0.192. The van der Waals surface area contributed by atoms with Crippen LogP contribution in [0.15, 0.2) is 46.5 Å². The topological polar surface area (TPSA) is 62.7 Å². The second kappa shape index (κ2) is 10.6. The normalized spacial score (nSPS) is 22.0. The van der Waals surface area contributed by atoms with Crippen molar-refractivity contribution in [3.63, 3.8) is 0 Å². The Labute approximate surface area is 173 Å². The van der Waals surface area contributed by atoms with Crippen molar-refractivity contribution in [1.82, 2.24) is 9.97 Å². The highest BCUT2D eigenvalue weighted by molar-refractivity contribution is 8.76. The highest BCUT2D eigenvalue weighted by atomic mass is 33.1. The second-order valence-electron chi connectivity index (χ2n) is 6.69. The fraction of sp³-hybridized carbons (Fsp3) is 0.500. The molecule has 2 atom stereocenters. The molecule has 2 saturated heterocycles. The van der Waals surface area contributed by atoms with Crippen molar-refractivity contribution in [2.45, 2.75) is 48.3 Å². The number of hydrogen-bond acceptors (Lipinski definition) is 8. The van der Waals surface area contributed by atoms with Crippen molar-refractivity contribution in [3.8, 4) is 0 Å². The molecule has 0 aliphatic carbocycles. The van der Waals surface area contributed by atoms with Gasteiger partial charge in [-0.05, 0) is 58.7 Å². The van der Waals surface area contributed by atoms with E-state index in [4.69, 9.17) is 18.9 Å². The van der Waals surface area contributed by atoms with Crippen LogP contribution in [0, 0.1) is 0 Å². The highest BCUT2D eigenvalue weighted by Crippen LogP contribution is 2.35. The summed E-state index contributed by atoms with van der Waals surface area (Å²) in [5, 5.41) is 1.89. The van der Waals surface area contributed by atoms with Gasteiger partial charge in [0.15, 0.2) is 0 Å². The van der Waals surface area contributed by atoms with Crippen molar-refractivity contribution >= 4 is 21.6 Å². The summed E-state index contributed by atoms with van der Waals surface area (Å²) in [5.74, 6) is 0. The average molecular weight is 421 g/mol. The number of aromatic nitrogens is 2. The van der Waals surface area contributed by atoms with E-state index in [1.807, 2.05) is 36.4 Å². The average Bonchev–Trinajstić information content (AvgIpc) is 3.44. The molecule has 0 saturated carbocycles. The van der Waals surface area contributed by atoms with E-state index in [-0.39, 0.29) is 12.2 Å². The molecule has 0 aromatic carbocycles. The summed E-state index contributed by atoms with van der Waals surface area (Å²) in [6.45, 7) is 3.98. The summed E-state index contributed by atoms with van der Waals surface area (Å²) in [6.07, 6.45) is 2.31. The molecule has 4 rings (SSSR count). The van der Waals surface area contributed by atoms with Gasteiger partial charge >= 0.3 is 0 Å². The summed E-state index contributed by atoms with van der Waals surface area (Å²) >= 11 is 0. The van der Waals surface area contributed by atoms with E-state index in [1.165, 1.54) is 0 Å². The van der Waals surface area contributed by atoms with Crippen LogP contribution in [0.2, 0.25) is 0 Å². The number of rotatable bonds is 9. The van der Waals surface area contributed by atoms with Gasteiger partial charge in [-0.3, -0.25) is 0 Å². The zero-order valence-corrected chi connectivity index (χ0v) is 17.3. The van der Waals surface area contributed by atoms with Crippen LogP contribution in [0.3, 0.4) is 0 Å². The summed E-state index contributed by atoms with van der Waals surface area (Å²) in [6, 6.07) is 12.0. The summed E-state index contributed by atoms with van der Waals surface area (Å²) in [7, 11) is 3.20. The monoisotopic (exact) mass is 420 g/mol. The maximum absolute atomic E-state index is 5.85. The van der Waals surface area contributed by atoms with Gasteiger partial charge in [-0.1, -0.05) is 12.1 Å². The molecule has 0 radical (unpaired) electrons. The summed E-state index contributed by atoms with van der Waals surface area (Å²) < 4.78 is 22.4. The number of hydrogen-bond donors (Lipinski definition) is 0. The lowest BCUT2D eigenvalue weighted by Crippen LogP contribution is -2.12. The molecule has 2 aliphatic rings. The van der Waals surface area contributed by atoms with E-state index in [0.29, 0.717) is 26.4 Å². The standard InChI is InChI=1S/C20H24N2O4S2/c1-3-15(11-25-17-7-9-23-13-17)21-19(5-1)27-28-20-6-2-4-16(22-20)12-26-18-8-10-24-14-18/h1-6,17-18H,7-14H2/t17-,18-/m0/s1. The molecule has 0 N–H and O–H groups in total. The van der Waals surface area contributed by atoms with Crippen LogP contribution in [0.25, 0.3) is 0 Å². The molecule has 0 bridgehead atoms. The Bertz CT molecular complexity index is 689. The van der Waals surface area contributed by atoms with Crippen LogP contribution >= 0.6 is 21.6 Å². The number of pyridine rings is 2. The predicted octanol–water partition coefficient (Wildman–Crippen LogP) is 3.89. The third-order valence-corrected chi connectivity index (χ3v) is 6.64. The van der Waals surface area contributed by atoms with Crippen molar-refractivity contribution in [2.24, 2.45) is 0 Å². The third kappa shape index (κ3) is 6.17. The van der Waals surface area contributed by atoms with Crippen molar-refractivity contribution < 1.29 is 18.9 Å². The molecule has 0 amide bonds. The Morgan fingerprint density at radius 3 is 1.71 bits per heavy atom. The Balaban J connectivity index is 1.26. The second-order valence-corrected chi connectivity index (χ2v) is 8.86. The maximum atomic E-state index is 5.85. The molecule has 28 heavy (non-hydrogen) atoms. The first-order valence-electron chi connectivity index (χ1n) is 9.50. The van der Waals surface area contributed by atoms with Crippen LogP contribution in [0.4, 0.5) is 0 Å². The third-order valence-electron chi connectivity index (χ3n) is 4.48. The van der Waals surface area contributed by atoms with Gasteiger partial charge in [-0.2, -0.15) is 0 Å². The molecule has 150 valence electrons. The first-order chi connectivity index (χ1) is 13.8. The van der Waals surface area contributed by atoms with Crippen LogP contribution in [0.1, 0.15) is 24.2 Å². The molecular formula is C20H24N2O4S2. The van der Waals surface area contributed by atoms with Crippen LogP contribution in [0.5, 0.6) is 0 Å². The van der Waals surface area contributed by atoms with Crippen molar-refractivity contribution in [2.75, 3.05) is 26.4 Å². The number of nitrogens with zero attached hydrogens (tertiary/aromatic N) is 2. The van der Waals surface area contributed by atoms with Gasteiger partial charge in [0, 0.05) is 13.2 Å². The molecule has 2 aromatic rings. The fourth-order valence-electron chi connectivity index (χ4n) is 2.95. The quantitative estimate of drug-likeness (QED) is 0.566. The SMILES string of the molecule is c1cc(CO[C@H]2CCOC2)nc(SSc2cccc(CO[C@H]3CCOC3)n2)c1. The lowest BCUT2D eigenvalue weighted by atomic mass is 10.3. The van der Waals surface area contributed by atoms with E-state index in [2.05, 4.69) is 9.97 Å². The molecule has 2 aromatic heterocycles. The Hall–Kier alpha value is -1.16. The number of ether oxygens (including phenoxy) is 4. The van der Waals surface area contributed by atoms with Gasteiger partial charge in [-0.25, -0.2) is 9.97 Å². The first-order valence-corrected chi connectivity index (χ1v) is 11.7. The Morgan fingerprint density at radius 1 is 0.786 bits per heavy atom. The zero-order chi connectivity index (χ0) is 19.0. The van der Waals surface area contributed by atoms with Gasteiger partial charge in [0.2, 0.25) is 0 Å². The molecule has 2 fully saturated rings. The molecular weight excluding hydrogens is 396 g/mol. The fourth-order valence-corrected chi connectivity index (χ4v) is 4.77. The molecule has 4 heterocycles. The highest BCUT2D eigenvalue weighted by Gasteiger charge is 2.17. The van der Waals surface area contributed by atoms with Crippen LogP contribution < -0.4 is 0 Å². The Kier molecular flexibility index (Phi) is 7.60. The van der Waals surface area contributed by atoms with Crippen molar-refractivity contribution in [3.05, 3.63) is 47.8 Å². The summed E-state index contributed by atoms with van der Waals surface area (Å²) in [4.78, 5) is 9.34. The molecule has 0 spiro atoms. The summed E-state index contributed by atoms with van der Waals surface area (Å²) in [5.41, 5.74) is 1.87. The predicted molar refractivity (Wildman–Crippen MR) is 108 cm³/mol. The smallest absolute Gasteiger partial charge is 0.107 e. The van der Waals surface area contributed by atoms with Gasteiger partial charge in [0.1, 0.15) is 10.1 Å². The van der Waals surface area contributed by atoms with Gasteiger partial charge in [0.05, 0.1) is 50.0 Å².